The number of ether oxygens (including phenoxy) is 2. The number of esters is 1. The minimum Gasteiger partial charge on any atom is -0.464 e. The van der Waals surface area contributed by atoms with Crippen LogP contribution in [-0.2, 0) is 9.53 Å². The minimum absolute atomic E-state index is 0.112. The number of carbonyl (C=O) groups is 1. The first-order valence-electron chi connectivity index (χ1n) is 10.00. The predicted molar refractivity (Wildman–Crippen MR) is 114 cm³/mol. The lowest BCUT2D eigenvalue weighted by Gasteiger charge is -2.36. The predicted octanol–water partition coefficient (Wildman–Crippen LogP) is 1.71. The third-order valence-corrected chi connectivity index (χ3v) is 5.41. The van der Waals surface area contributed by atoms with Crippen LogP contribution >= 0.6 is 0 Å². The largest absolute Gasteiger partial charge is 0.464 e. The van der Waals surface area contributed by atoms with Gasteiger partial charge in [-0.15, -0.1) is 0 Å². The van der Waals surface area contributed by atoms with E-state index in [2.05, 4.69) is 9.98 Å². The van der Waals surface area contributed by atoms with Crippen LogP contribution in [0.5, 0.6) is 5.75 Å². The van der Waals surface area contributed by atoms with E-state index in [-0.39, 0.29) is 12.4 Å². The van der Waals surface area contributed by atoms with Gasteiger partial charge in [-0.05, 0) is 39.1 Å². The Kier molecular flexibility index (Phi) is 6.63. The van der Waals surface area contributed by atoms with Gasteiger partial charge in [0.15, 0.2) is 5.83 Å². The Morgan fingerprint density at radius 1 is 1.44 bits per heavy atom. The Morgan fingerprint density at radius 3 is 2.75 bits per heavy atom. The number of nitrogens with zero attached hydrogens (tertiary/aromatic N) is 4. The molecular weight excluding hydrogens is 426 g/mol. The molecule has 2 aliphatic heterocycles. The van der Waals surface area contributed by atoms with E-state index in [1.54, 1.807) is 51.2 Å². The molecule has 0 fully saturated rings. The number of aliphatic hydroxyl groups is 2. The van der Waals surface area contributed by atoms with Crippen LogP contribution in [0.15, 0.2) is 40.2 Å². The van der Waals surface area contributed by atoms with Crippen LogP contribution in [0.3, 0.4) is 0 Å². The summed E-state index contributed by atoms with van der Waals surface area (Å²) in [6.45, 7) is 4.14. The van der Waals surface area contributed by atoms with E-state index >= 15 is 0 Å². The van der Waals surface area contributed by atoms with Gasteiger partial charge in [0.05, 0.1) is 19.0 Å². The van der Waals surface area contributed by atoms with E-state index in [9.17, 15) is 23.8 Å². The molecule has 3 rings (SSSR count). The monoisotopic (exact) mass is 452 g/mol. The first-order chi connectivity index (χ1) is 15.0. The van der Waals surface area contributed by atoms with Crippen molar-refractivity contribution in [3.05, 3.63) is 35.8 Å². The molecule has 2 aliphatic rings. The highest BCUT2D eigenvalue weighted by molar-refractivity contribution is 5.79. The topological polar surface area (TPSA) is 107 Å². The first kappa shape index (κ1) is 23.8. The lowest BCUT2D eigenvalue weighted by Crippen LogP contribution is -2.58. The molecule has 0 radical (unpaired) electrons. The Bertz CT molecular complexity index is 968. The van der Waals surface area contributed by atoms with Gasteiger partial charge in [0.1, 0.15) is 18.0 Å². The van der Waals surface area contributed by atoms with Crippen LogP contribution in [0.2, 0.25) is 0 Å². The van der Waals surface area contributed by atoms with Crippen LogP contribution in [0.4, 0.5) is 14.5 Å². The molecule has 32 heavy (non-hydrogen) atoms. The highest BCUT2D eigenvalue weighted by atomic mass is 19.2. The van der Waals surface area contributed by atoms with Crippen molar-refractivity contribution in [3.8, 4) is 5.75 Å². The number of alkyl halides is 1. The lowest BCUT2D eigenvalue weighted by molar-refractivity contribution is -0.262. The summed E-state index contributed by atoms with van der Waals surface area (Å²) in [6.07, 6.45) is 1.98. The highest BCUT2D eigenvalue weighted by Gasteiger charge is 2.58. The van der Waals surface area contributed by atoms with Crippen molar-refractivity contribution < 1.29 is 33.3 Å². The molecule has 11 heteroatoms. The number of likely N-dealkylation sites (N-methyl/N-ethyl adjacent to an activating group) is 1. The number of benzene rings is 1. The molecule has 1 aromatic rings. The summed E-state index contributed by atoms with van der Waals surface area (Å²) in [5, 5.41) is 20.4. The van der Waals surface area contributed by atoms with Gasteiger partial charge in [-0.25, -0.2) is 9.18 Å². The third-order valence-electron chi connectivity index (χ3n) is 5.41. The van der Waals surface area contributed by atoms with Gasteiger partial charge in [0.2, 0.25) is 0 Å². The molecule has 2 heterocycles. The molecule has 4 atom stereocenters. The van der Waals surface area contributed by atoms with Gasteiger partial charge in [-0.3, -0.25) is 14.9 Å². The summed E-state index contributed by atoms with van der Waals surface area (Å²) in [7, 11) is 3.48. The van der Waals surface area contributed by atoms with E-state index < -0.39 is 35.6 Å². The second-order valence-corrected chi connectivity index (χ2v) is 7.58. The normalized spacial score (nSPS) is 28.4. The van der Waals surface area contributed by atoms with Crippen molar-refractivity contribution in [3.63, 3.8) is 0 Å². The third kappa shape index (κ3) is 4.23. The summed E-state index contributed by atoms with van der Waals surface area (Å²) < 4.78 is 39.3. The van der Waals surface area contributed by atoms with Crippen LogP contribution in [0.1, 0.15) is 25.6 Å². The molecule has 1 aromatic carbocycles. The summed E-state index contributed by atoms with van der Waals surface area (Å²) in [5.41, 5.74) is 0.938. The maximum absolute atomic E-state index is 14.6. The molecule has 0 saturated carbocycles. The fraction of sp³-hybridized carbons (Fsp3) is 0.476. The molecule has 0 spiro atoms. The fourth-order valence-electron chi connectivity index (χ4n) is 3.33. The number of hydrogen-bond acceptors (Lipinski definition) is 9. The maximum atomic E-state index is 14.6. The molecule has 174 valence electrons. The van der Waals surface area contributed by atoms with E-state index in [0.717, 1.165) is 0 Å². The fourth-order valence-corrected chi connectivity index (χ4v) is 3.33. The minimum atomic E-state index is -3.61. The molecule has 9 nitrogen and oxygen atoms in total. The highest BCUT2D eigenvalue weighted by Crippen LogP contribution is 2.41. The van der Waals surface area contributed by atoms with Crippen molar-refractivity contribution in [1.29, 1.82) is 0 Å². The molecule has 0 aliphatic carbocycles. The smallest absolute Gasteiger partial charge is 0.328 e. The first-order valence-corrected chi connectivity index (χ1v) is 10.00. The van der Waals surface area contributed by atoms with Gasteiger partial charge in [-0.1, -0.05) is 0 Å². The van der Waals surface area contributed by atoms with Crippen LogP contribution in [0, 0.1) is 0 Å². The number of halogens is 2. The summed E-state index contributed by atoms with van der Waals surface area (Å²) in [4.78, 5) is 23.3. The van der Waals surface area contributed by atoms with Crippen LogP contribution in [0.25, 0.3) is 0 Å². The zero-order chi connectivity index (χ0) is 23.7. The maximum Gasteiger partial charge on any atom is 0.328 e. The Labute approximate surface area is 184 Å². The summed E-state index contributed by atoms with van der Waals surface area (Å²) >= 11 is 0. The number of aliphatic imine (C=N–C) groups is 2. The van der Waals surface area contributed by atoms with Crippen LogP contribution in [-0.4, -0.2) is 78.4 Å². The molecule has 0 bridgehead atoms. The zero-order valence-corrected chi connectivity index (χ0v) is 18.2. The Morgan fingerprint density at radius 2 is 2.16 bits per heavy atom. The number of rotatable bonds is 7. The van der Waals surface area contributed by atoms with Gasteiger partial charge >= 0.3 is 17.6 Å². The van der Waals surface area contributed by atoms with Crippen LogP contribution < -0.4 is 9.64 Å². The molecular formula is C21H26F2N4O5. The van der Waals surface area contributed by atoms with Gasteiger partial charge in [-0.2, -0.15) is 4.39 Å². The number of hydrogen-bond donors (Lipinski definition) is 2. The second kappa shape index (κ2) is 8.93. The van der Waals surface area contributed by atoms with Crippen molar-refractivity contribution in [2.75, 3.05) is 32.1 Å². The number of carbonyl (C=O) groups excluding carboxylic acids is 1. The summed E-state index contributed by atoms with van der Waals surface area (Å²) in [5.74, 6) is -8.98. The Balaban J connectivity index is 2.02. The summed E-state index contributed by atoms with van der Waals surface area (Å²) in [6, 6.07) is 3.95. The van der Waals surface area contributed by atoms with Crippen molar-refractivity contribution in [2.45, 2.75) is 37.7 Å². The van der Waals surface area contributed by atoms with E-state index in [1.165, 1.54) is 6.07 Å². The average molecular weight is 452 g/mol. The van der Waals surface area contributed by atoms with Gasteiger partial charge < -0.3 is 24.6 Å². The zero-order valence-electron chi connectivity index (χ0n) is 18.2. The molecule has 2 N–H and O–H groups in total. The van der Waals surface area contributed by atoms with Crippen molar-refractivity contribution >= 4 is 24.1 Å². The molecule has 0 saturated heterocycles. The van der Waals surface area contributed by atoms with Crippen molar-refractivity contribution in [1.82, 2.24) is 4.90 Å². The second-order valence-electron chi connectivity index (χ2n) is 7.58. The van der Waals surface area contributed by atoms with E-state index in [1.807, 2.05) is 4.90 Å². The van der Waals surface area contributed by atoms with E-state index in [0.29, 0.717) is 30.2 Å². The lowest BCUT2D eigenvalue weighted by atomic mass is 10.0. The van der Waals surface area contributed by atoms with Crippen molar-refractivity contribution in [2.24, 2.45) is 9.98 Å². The Hall–Kier alpha value is -2.89. The van der Waals surface area contributed by atoms with Gasteiger partial charge in [0.25, 0.3) is 0 Å². The standard InChI is InChI=1S/C21H26F2N4O5/c1-5-31-19(28)13(2)27(4)14-6-7-16(15(10-14)18-25-8-9-26(18)3)32-21(30)17(22)11-24-12-20(21,23)29/h6-8,10-13,18,29-30H,5,9H2,1-4H3. The molecule has 0 amide bonds. The molecule has 0 aromatic heterocycles. The molecule has 4 unspecified atom stereocenters. The quantitative estimate of drug-likeness (QED) is 0.479. The van der Waals surface area contributed by atoms with E-state index in [4.69, 9.17) is 9.47 Å². The van der Waals surface area contributed by atoms with Gasteiger partial charge in [0, 0.05) is 31.1 Å². The number of anilines is 1. The SMILES string of the molecule is CCOC(=O)C(C)N(C)c1ccc(OC2(O)C(F)=CN=CC2(O)F)c(C2N=CCN2C)c1. The average Bonchev–Trinajstić information content (AvgIpc) is 3.17.